The van der Waals surface area contributed by atoms with Gasteiger partial charge in [-0.25, -0.2) is 4.98 Å². The number of hydrogen-bond acceptors (Lipinski definition) is 3. The molecule has 1 amide bonds. The first-order valence-corrected chi connectivity index (χ1v) is 6.96. The Hall–Kier alpha value is -2.17. The molecule has 2 aromatic heterocycles. The molecule has 1 aliphatic rings. The third-order valence-corrected chi connectivity index (χ3v) is 3.59. The van der Waals surface area contributed by atoms with Crippen LogP contribution in [0, 0.1) is 6.92 Å². The van der Waals surface area contributed by atoms with Crippen molar-refractivity contribution in [3.8, 4) is 0 Å². The Bertz CT molecular complexity index is 602. The predicted molar refractivity (Wildman–Crippen MR) is 75.5 cm³/mol. The number of aryl methyl sites for hydroxylation is 1. The summed E-state index contributed by atoms with van der Waals surface area (Å²) in [5.74, 6) is 1.73. The average Bonchev–Trinajstić information content (AvgIpc) is 3.25. The van der Waals surface area contributed by atoms with E-state index >= 15 is 0 Å². The summed E-state index contributed by atoms with van der Waals surface area (Å²) in [7, 11) is 0. The molecule has 104 valence electrons. The first-order chi connectivity index (χ1) is 9.75. The van der Waals surface area contributed by atoms with E-state index in [4.69, 9.17) is 0 Å². The molecule has 2 heterocycles. The molecule has 3 rings (SSSR count). The lowest BCUT2D eigenvalue weighted by Crippen LogP contribution is -2.27. The number of pyridine rings is 1. The minimum absolute atomic E-state index is 0.0573. The van der Waals surface area contributed by atoms with Crippen LogP contribution in [0.15, 0.2) is 30.7 Å². The molecule has 0 bridgehead atoms. The molecular weight excluding hydrogens is 252 g/mol. The van der Waals surface area contributed by atoms with Crippen LogP contribution >= 0.6 is 0 Å². The van der Waals surface area contributed by atoms with Crippen molar-refractivity contribution in [3.05, 3.63) is 47.8 Å². The van der Waals surface area contributed by atoms with Crippen molar-refractivity contribution in [2.45, 2.75) is 32.2 Å². The van der Waals surface area contributed by atoms with Gasteiger partial charge in [-0.15, -0.1) is 0 Å². The summed E-state index contributed by atoms with van der Waals surface area (Å²) in [4.78, 5) is 20.3. The van der Waals surface area contributed by atoms with Crippen LogP contribution in [-0.4, -0.2) is 27.0 Å². The van der Waals surface area contributed by atoms with Crippen molar-refractivity contribution in [1.82, 2.24) is 19.9 Å². The Morgan fingerprint density at radius 2 is 2.15 bits per heavy atom. The second-order valence-electron chi connectivity index (χ2n) is 5.18. The van der Waals surface area contributed by atoms with E-state index in [0.717, 1.165) is 12.2 Å². The molecule has 1 N–H and O–H groups in total. The molecule has 1 saturated carbocycles. The molecule has 0 unspecified atom stereocenters. The van der Waals surface area contributed by atoms with E-state index in [0.29, 0.717) is 18.0 Å². The highest BCUT2D eigenvalue weighted by Crippen LogP contribution is 2.39. The second-order valence-corrected chi connectivity index (χ2v) is 5.18. The molecule has 1 fully saturated rings. The zero-order valence-electron chi connectivity index (χ0n) is 11.5. The van der Waals surface area contributed by atoms with Crippen LogP contribution in [-0.2, 0) is 6.54 Å². The molecular formula is C15H18N4O. The number of rotatable bonds is 5. The Kier molecular flexibility index (Phi) is 3.50. The van der Waals surface area contributed by atoms with E-state index in [2.05, 4.69) is 26.8 Å². The van der Waals surface area contributed by atoms with Crippen LogP contribution in [0.3, 0.4) is 0 Å². The molecule has 1 aliphatic carbocycles. The smallest absolute Gasteiger partial charge is 0.251 e. The van der Waals surface area contributed by atoms with E-state index < -0.39 is 0 Å². The van der Waals surface area contributed by atoms with Crippen LogP contribution in [0.2, 0.25) is 0 Å². The number of nitrogens with one attached hydrogen (secondary N) is 1. The second kappa shape index (κ2) is 5.45. The molecule has 20 heavy (non-hydrogen) atoms. The fourth-order valence-corrected chi connectivity index (χ4v) is 2.32. The Balaban J connectivity index is 1.58. The van der Waals surface area contributed by atoms with Crippen LogP contribution in [0.1, 0.15) is 40.6 Å². The molecule has 0 aliphatic heterocycles. The minimum Gasteiger partial charge on any atom is -0.350 e. The highest BCUT2D eigenvalue weighted by atomic mass is 16.1. The Morgan fingerprint density at radius 3 is 2.85 bits per heavy atom. The summed E-state index contributed by atoms with van der Waals surface area (Å²) in [5, 5.41) is 2.94. The van der Waals surface area contributed by atoms with Gasteiger partial charge in [0.25, 0.3) is 5.91 Å². The summed E-state index contributed by atoms with van der Waals surface area (Å²) in [6.45, 7) is 3.44. The summed E-state index contributed by atoms with van der Waals surface area (Å²) < 4.78 is 2.21. The molecule has 0 radical (unpaired) electrons. The predicted octanol–water partition coefficient (Wildman–Crippen LogP) is 1.89. The van der Waals surface area contributed by atoms with Crippen molar-refractivity contribution >= 4 is 5.91 Å². The Labute approximate surface area is 118 Å². The van der Waals surface area contributed by atoms with E-state index in [-0.39, 0.29) is 5.91 Å². The number of nitrogens with zero attached hydrogens (tertiary/aromatic N) is 3. The highest BCUT2D eigenvalue weighted by Gasteiger charge is 2.28. The van der Waals surface area contributed by atoms with Crippen molar-refractivity contribution < 1.29 is 4.79 Å². The molecule has 2 aromatic rings. The van der Waals surface area contributed by atoms with Gasteiger partial charge in [-0.05, 0) is 31.9 Å². The van der Waals surface area contributed by atoms with Gasteiger partial charge in [-0.2, -0.15) is 0 Å². The fraction of sp³-hybridized carbons (Fsp3) is 0.400. The SMILES string of the molecule is Cc1cnc(C2CC2)n1CCNC(=O)c1ccncc1. The lowest BCUT2D eigenvalue weighted by molar-refractivity contribution is 0.0952. The summed E-state index contributed by atoms with van der Waals surface area (Å²) in [6, 6.07) is 3.43. The number of aromatic nitrogens is 3. The van der Waals surface area contributed by atoms with Gasteiger partial charge in [0, 0.05) is 48.9 Å². The van der Waals surface area contributed by atoms with E-state index in [1.807, 2.05) is 6.20 Å². The van der Waals surface area contributed by atoms with Gasteiger partial charge in [0.1, 0.15) is 5.82 Å². The normalized spacial score (nSPS) is 14.2. The zero-order valence-corrected chi connectivity index (χ0v) is 11.5. The van der Waals surface area contributed by atoms with Crippen molar-refractivity contribution in [3.63, 3.8) is 0 Å². The number of carbonyl (C=O) groups excluding carboxylic acids is 1. The lowest BCUT2D eigenvalue weighted by Gasteiger charge is -2.10. The van der Waals surface area contributed by atoms with Crippen molar-refractivity contribution in [1.29, 1.82) is 0 Å². The topological polar surface area (TPSA) is 59.8 Å². The molecule has 5 nitrogen and oxygen atoms in total. The lowest BCUT2D eigenvalue weighted by atomic mass is 10.2. The van der Waals surface area contributed by atoms with Gasteiger partial charge in [-0.3, -0.25) is 9.78 Å². The van der Waals surface area contributed by atoms with Crippen molar-refractivity contribution in [2.75, 3.05) is 6.54 Å². The van der Waals surface area contributed by atoms with Gasteiger partial charge >= 0.3 is 0 Å². The zero-order chi connectivity index (χ0) is 13.9. The molecule has 0 atom stereocenters. The number of carbonyl (C=O) groups is 1. The standard InChI is InChI=1S/C15H18N4O/c1-11-10-18-14(12-2-3-12)19(11)9-8-17-15(20)13-4-6-16-7-5-13/h4-7,10,12H,2-3,8-9H2,1H3,(H,17,20). The third-order valence-electron chi connectivity index (χ3n) is 3.59. The maximum atomic E-state index is 11.9. The van der Waals surface area contributed by atoms with Gasteiger partial charge in [-0.1, -0.05) is 0 Å². The Morgan fingerprint density at radius 1 is 1.40 bits per heavy atom. The molecule has 0 spiro atoms. The van der Waals surface area contributed by atoms with Gasteiger partial charge in [0.15, 0.2) is 0 Å². The van der Waals surface area contributed by atoms with Crippen molar-refractivity contribution in [2.24, 2.45) is 0 Å². The minimum atomic E-state index is -0.0573. The van der Waals surface area contributed by atoms with Crippen LogP contribution in [0.4, 0.5) is 0 Å². The summed E-state index contributed by atoms with van der Waals surface area (Å²) in [5.41, 5.74) is 1.80. The quantitative estimate of drug-likeness (QED) is 0.902. The third kappa shape index (κ3) is 2.71. The van der Waals surface area contributed by atoms with E-state index in [1.54, 1.807) is 24.5 Å². The first kappa shape index (κ1) is 12.8. The summed E-state index contributed by atoms with van der Waals surface area (Å²) >= 11 is 0. The number of imidazole rings is 1. The average molecular weight is 270 g/mol. The van der Waals surface area contributed by atoms with Gasteiger partial charge < -0.3 is 9.88 Å². The highest BCUT2D eigenvalue weighted by molar-refractivity contribution is 5.93. The van der Waals surface area contributed by atoms with Crippen LogP contribution in [0.25, 0.3) is 0 Å². The largest absolute Gasteiger partial charge is 0.350 e. The maximum absolute atomic E-state index is 11.9. The van der Waals surface area contributed by atoms with E-state index in [9.17, 15) is 4.79 Å². The maximum Gasteiger partial charge on any atom is 0.251 e. The first-order valence-electron chi connectivity index (χ1n) is 6.96. The van der Waals surface area contributed by atoms with Crippen LogP contribution in [0.5, 0.6) is 0 Å². The fourth-order valence-electron chi connectivity index (χ4n) is 2.32. The monoisotopic (exact) mass is 270 g/mol. The molecule has 0 saturated heterocycles. The van der Waals surface area contributed by atoms with E-state index in [1.165, 1.54) is 18.7 Å². The number of hydrogen-bond donors (Lipinski definition) is 1. The summed E-state index contributed by atoms with van der Waals surface area (Å²) in [6.07, 6.45) is 7.64. The van der Waals surface area contributed by atoms with Gasteiger partial charge in [0.2, 0.25) is 0 Å². The van der Waals surface area contributed by atoms with Crippen LogP contribution < -0.4 is 5.32 Å². The molecule has 0 aromatic carbocycles. The molecule has 5 heteroatoms. The number of amides is 1. The van der Waals surface area contributed by atoms with Gasteiger partial charge in [0.05, 0.1) is 0 Å².